The second kappa shape index (κ2) is 6.71. The molecule has 1 aromatic heterocycles. The molecule has 0 aliphatic carbocycles. The fraction of sp³-hybridized carbons (Fsp3) is 0. The Hall–Kier alpha value is -4.08. The average Bonchev–Trinajstić information content (AvgIpc) is 3.52. The Morgan fingerprint density at radius 2 is 1.62 bits per heavy atom. The number of aromatic nitrogens is 3. The predicted octanol–water partition coefficient (Wildman–Crippen LogP) is 1.96. The smallest absolute Gasteiger partial charge is 0.296 e. The summed E-state index contributed by atoms with van der Waals surface area (Å²) in [6, 6.07) is 5.12. The Morgan fingerprint density at radius 3 is 2.41 bits per heavy atom. The molecule has 0 saturated carbocycles. The SMILES string of the molecule is O=S(=O)(O)c1cc2[nH]c1=Cc1nc(c3[nH]cccc1-3)C=C1C=CC(=N1)C=C1C=CC(=N1)C=2. The summed E-state index contributed by atoms with van der Waals surface area (Å²) < 4.78 is 33.9. The molecule has 32 heavy (non-hydrogen) atoms. The third kappa shape index (κ3) is 3.20. The van der Waals surface area contributed by atoms with Gasteiger partial charge in [-0.25, -0.2) is 15.0 Å². The van der Waals surface area contributed by atoms with Gasteiger partial charge in [0, 0.05) is 17.1 Å². The molecule has 0 aromatic carbocycles. The van der Waals surface area contributed by atoms with Crippen molar-refractivity contribution >= 4 is 39.8 Å². The Morgan fingerprint density at radius 1 is 0.875 bits per heavy atom. The van der Waals surface area contributed by atoms with Gasteiger partial charge in [-0.2, -0.15) is 8.42 Å². The Bertz CT molecular complexity index is 1690. The molecule has 0 spiro atoms. The Balaban J connectivity index is 1.69. The third-order valence-electron chi connectivity index (χ3n) is 5.27. The molecule has 6 heterocycles. The molecule has 5 aliphatic heterocycles. The van der Waals surface area contributed by atoms with E-state index in [2.05, 4.69) is 20.0 Å². The van der Waals surface area contributed by atoms with Crippen LogP contribution in [0, 0.1) is 0 Å². The second-order valence-electron chi connectivity index (χ2n) is 7.49. The highest BCUT2D eigenvalue weighted by molar-refractivity contribution is 7.85. The van der Waals surface area contributed by atoms with Crippen LogP contribution in [0.1, 0.15) is 11.4 Å². The first kappa shape index (κ1) is 18.7. The normalized spacial score (nSPS) is 16.9. The zero-order valence-corrected chi connectivity index (χ0v) is 17.3. The van der Waals surface area contributed by atoms with Gasteiger partial charge < -0.3 is 9.97 Å². The van der Waals surface area contributed by atoms with Crippen molar-refractivity contribution in [3.63, 3.8) is 0 Å². The van der Waals surface area contributed by atoms with Gasteiger partial charge in [0.15, 0.2) is 0 Å². The molecule has 5 aliphatic rings. The first-order valence-corrected chi connectivity index (χ1v) is 11.2. The molecular formula is C23H15N5O3S. The van der Waals surface area contributed by atoms with E-state index in [1.54, 1.807) is 18.3 Å². The molecule has 0 fully saturated rings. The lowest BCUT2D eigenvalue weighted by atomic mass is 10.1. The van der Waals surface area contributed by atoms with Crippen molar-refractivity contribution in [1.82, 2.24) is 15.0 Å². The van der Waals surface area contributed by atoms with Gasteiger partial charge in [-0.1, -0.05) is 0 Å². The van der Waals surface area contributed by atoms with Gasteiger partial charge in [0.25, 0.3) is 10.1 Å². The number of H-pyrrole nitrogens is 2. The molecule has 0 unspecified atom stereocenters. The largest absolute Gasteiger partial charge is 0.359 e. The van der Waals surface area contributed by atoms with Crippen LogP contribution in [0.3, 0.4) is 0 Å². The van der Waals surface area contributed by atoms with Gasteiger partial charge in [-0.15, -0.1) is 0 Å². The molecule has 0 saturated heterocycles. The number of nitrogens with zero attached hydrogens (tertiary/aromatic N) is 3. The number of hydrogen-bond acceptors (Lipinski definition) is 5. The molecular weight excluding hydrogens is 426 g/mol. The van der Waals surface area contributed by atoms with Gasteiger partial charge in [0.1, 0.15) is 4.90 Å². The molecule has 1 aromatic rings. The fourth-order valence-corrected chi connectivity index (χ4v) is 4.55. The number of aliphatic imine (C=N–C) groups is 2. The molecule has 6 rings (SSSR count). The van der Waals surface area contributed by atoms with E-state index in [0.717, 1.165) is 28.4 Å². The molecule has 156 valence electrons. The van der Waals surface area contributed by atoms with Crippen molar-refractivity contribution in [3.8, 4) is 11.3 Å². The first-order valence-electron chi connectivity index (χ1n) is 9.76. The summed E-state index contributed by atoms with van der Waals surface area (Å²) in [4.78, 5) is 19.9. The number of hydrogen-bond donors (Lipinski definition) is 3. The van der Waals surface area contributed by atoms with Crippen LogP contribution < -0.4 is 10.7 Å². The van der Waals surface area contributed by atoms with E-state index in [-0.39, 0.29) is 10.2 Å². The van der Waals surface area contributed by atoms with Gasteiger partial charge in [-0.05, 0) is 66.8 Å². The first-order chi connectivity index (χ1) is 15.4. The van der Waals surface area contributed by atoms with Crippen molar-refractivity contribution in [1.29, 1.82) is 0 Å². The lowest BCUT2D eigenvalue weighted by Gasteiger charge is -1.99. The average molecular weight is 441 g/mol. The van der Waals surface area contributed by atoms with E-state index in [4.69, 9.17) is 4.98 Å². The van der Waals surface area contributed by atoms with Crippen LogP contribution in [0.15, 0.2) is 81.1 Å². The highest BCUT2D eigenvalue weighted by atomic mass is 32.2. The van der Waals surface area contributed by atoms with Crippen LogP contribution in [-0.4, -0.2) is 39.3 Å². The van der Waals surface area contributed by atoms with Crippen molar-refractivity contribution in [2.75, 3.05) is 0 Å². The minimum absolute atomic E-state index is 0.227. The highest BCUT2D eigenvalue weighted by Gasteiger charge is 2.19. The quantitative estimate of drug-likeness (QED) is 0.500. The van der Waals surface area contributed by atoms with Crippen LogP contribution in [0.25, 0.3) is 29.5 Å². The lowest BCUT2D eigenvalue weighted by molar-refractivity contribution is 0.482. The van der Waals surface area contributed by atoms with Crippen molar-refractivity contribution < 1.29 is 13.0 Å². The lowest BCUT2D eigenvalue weighted by Crippen LogP contribution is -2.15. The van der Waals surface area contributed by atoms with Gasteiger partial charge in [0.2, 0.25) is 0 Å². The molecule has 0 atom stereocenters. The molecule has 3 N–H and O–H groups in total. The maximum absolute atomic E-state index is 12.0. The number of fused-ring (bicyclic) bond motifs is 9. The molecule has 8 nitrogen and oxygen atoms in total. The highest BCUT2D eigenvalue weighted by Crippen LogP contribution is 2.30. The van der Waals surface area contributed by atoms with Crippen molar-refractivity contribution in [2.24, 2.45) is 9.98 Å². The summed E-state index contributed by atoms with van der Waals surface area (Å²) >= 11 is 0. The van der Waals surface area contributed by atoms with Crippen LogP contribution >= 0.6 is 0 Å². The minimum Gasteiger partial charge on any atom is -0.359 e. The summed E-state index contributed by atoms with van der Waals surface area (Å²) in [5, 5.41) is 0.719. The number of nitrogens with one attached hydrogen (secondary N) is 2. The number of allylic oxidation sites excluding steroid dienone is 5. The standard InChI is InChI=1S/C23H15N5O3S/c29-32(30,31)22-11-17-9-15-4-3-13(25-15)8-14-5-6-16(26-14)10-21-23-18(2-1-7-24-23)19(28-21)12-20(22)27-17/h1-12,24,27H,(H,29,30,31). The van der Waals surface area contributed by atoms with Gasteiger partial charge in [0.05, 0.1) is 45.2 Å². The summed E-state index contributed by atoms with van der Waals surface area (Å²) in [7, 11) is -4.46. The second-order valence-corrected chi connectivity index (χ2v) is 8.88. The van der Waals surface area contributed by atoms with E-state index in [1.165, 1.54) is 6.07 Å². The summed E-state index contributed by atoms with van der Waals surface area (Å²) in [6.45, 7) is 0. The maximum Gasteiger partial charge on any atom is 0.296 e. The van der Waals surface area contributed by atoms with E-state index < -0.39 is 10.1 Å². The van der Waals surface area contributed by atoms with Crippen molar-refractivity contribution in [3.05, 3.63) is 88.3 Å². The monoisotopic (exact) mass is 441 g/mol. The van der Waals surface area contributed by atoms with Gasteiger partial charge >= 0.3 is 0 Å². The summed E-state index contributed by atoms with van der Waals surface area (Å²) in [5.41, 5.74) is 5.72. The Labute approximate surface area is 182 Å². The number of rotatable bonds is 1. The molecule has 9 heteroatoms. The van der Waals surface area contributed by atoms with Crippen LogP contribution in [0.4, 0.5) is 0 Å². The predicted molar refractivity (Wildman–Crippen MR) is 122 cm³/mol. The zero-order chi connectivity index (χ0) is 21.9. The van der Waals surface area contributed by atoms with E-state index in [1.807, 2.05) is 48.6 Å². The molecule has 0 radical (unpaired) electrons. The number of pyridine rings is 1. The molecule has 8 bridgehead atoms. The summed E-state index contributed by atoms with van der Waals surface area (Å²) in [5.74, 6) is 0. The van der Waals surface area contributed by atoms with Crippen LogP contribution in [-0.2, 0) is 10.1 Å². The maximum atomic E-state index is 12.0. The summed E-state index contributed by atoms with van der Waals surface area (Å²) in [6.07, 6.45) is 16.4. The van der Waals surface area contributed by atoms with Crippen molar-refractivity contribution in [2.45, 2.75) is 4.90 Å². The third-order valence-corrected chi connectivity index (χ3v) is 6.16. The van der Waals surface area contributed by atoms with Gasteiger partial charge in [-0.3, -0.25) is 4.55 Å². The Kier molecular flexibility index (Phi) is 3.91. The molecule has 0 amide bonds. The van der Waals surface area contributed by atoms with Crippen LogP contribution in [0.5, 0.6) is 0 Å². The van der Waals surface area contributed by atoms with E-state index >= 15 is 0 Å². The number of aromatic amines is 2. The zero-order valence-electron chi connectivity index (χ0n) is 16.4. The van der Waals surface area contributed by atoms with Crippen LogP contribution in [0.2, 0.25) is 0 Å². The van der Waals surface area contributed by atoms with E-state index in [9.17, 15) is 13.0 Å². The fourth-order valence-electron chi connectivity index (χ4n) is 3.89. The minimum atomic E-state index is -4.46. The topological polar surface area (TPSA) is 124 Å². The van der Waals surface area contributed by atoms with E-state index in [0.29, 0.717) is 22.4 Å².